The van der Waals surface area contributed by atoms with Gasteiger partial charge in [0.25, 0.3) is 0 Å². The Morgan fingerprint density at radius 2 is 1.78 bits per heavy atom. The van der Waals surface area contributed by atoms with Gasteiger partial charge in [-0.3, -0.25) is 0 Å². The maximum atomic E-state index is 13.0. The van der Waals surface area contributed by atoms with Gasteiger partial charge >= 0.3 is 6.18 Å². The molecule has 0 radical (unpaired) electrons. The third-order valence-corrected chi connectivity index (χ3v) is 10.6. The van der Waals surface area contributed by atoms with Crippen molar-refractivity contribution in [3.63, 3.8) is 0 Å². The van der Waals surface area contributed by atoms with E-state index in [1.807, 2.05) is 0 Å². The summed E-state index contributed by atoms with van der Waals surface area (Å²) < 4.78 is 38.9. The summed E-state index contributed by atoms with van der Waals surface area (Å²) in [5.74, 6) is 0. The van der Waals surface area contributed by atoms with Crippen molar-refractivity contribution in [3.05, 3.63) is 23.4 Å². The molecule has 0 unspecified atom stereocenters. The highest BCUT2D eigenvalue weighted by Crippen LogP contribution is 2.32. The van der Waals surface area contributed by atoms with E-state index >= 15 is 0 Å². The second-order valence-electron chi connectivity index (χ2n) is 5.91. The first-order chi connectivity index (χ1) is 10.8. The molecular weight excluding hydrogens is 321 g/mol. The number of hydrogen-bond acceptors (Lipinski definition) is 2. The predicted octanol–water partition coefficient (Wildman–Crippen LogP) is 3.83. The van der Waals surface area contributed by atoms with Crippen LogP contribution >= 0.6 is 0 Å². The van der Waals surface area contributed by atoms with Crippen molar-refractivity contribution in [1.82, 2.24) is 9.97 Å². The van der Waals surface area contributed by atoms with E-state index in [1.54, 1.807) is 0 Å². The van der Waals surface area contributed by atoms with Gasteiger partial charge < -0.3 is 10.1 Å². The van der Waals surface area contributed by atoms with Crippen LogP contribution in [0.15, 0.2) is 12.3 Å². The average Bonchev–Trinajstić information content (AvgIpc) is 2.88. The monoisotopic (exact) mass is 344 g/mol. The highest BCUT2D eigenvalue weighted by molar-refractivity contribution is 6.91. The quantitative estimate of drug-likeness (QED) is 0.783. The molecule has 0 amide bonds. The van der Waals surface area contributed by atoms with E-state index in [4.69, 9.17) is 0 Å². The fourth-order valence-electron chi connectivity index (χ4n) is 3.38. The Hall–Kier alpha value is -1.34. The molecule has 2 rings (SSSR count). The van der Waals surface area contributed by atoms with Crippen LogP contribution in [0, 0.1) is 0 Å². The maximum absolute atomic E-state index is 13.0. The molecule has 128 valence electrons. The van der Waals surface area contributed by atoms with Crippen LogP contribution in [0.4, 0.5) is 13.2 Å². The van der Waals surface area contributed by atoms with Crippen LogP contribution in [0.25, 0.3) is 11.0 Å². The summed E-state index contributed by atoms with van der Waals surface area (Å²) >= 11 is 0. The van der Waals surface area contributed by atoms with E-state index in [-0.39, 0.29) is 6.61 Å². The molecule has 2 heterocycles. The number of rotatable bonds is 6. The SMILES string of the molecule is CC[Si](CC)(CC)c1[nH]c2ncc(C(F)(F)F)cc2c1CCO. The lowest BCUT2D eigenvalue weighted by molar-refractivity contribution is -0.137. The molecular formula is C16H23F3N2OSi. The van der Waals surface area contributed by atoms with Crippen LogP contribution in [0.1, 0.15) is 31.9 Å². The van der Waals surface area contributed by atoms with Gasteiger partial charge in [0.1, 0.15) is 13.7 Å². The first-order valence-corrected chi connectivity index (χ1v) is 10.6. The van der Waals surface area contributed by atoms with Gasteiger partial charge in [0.05, 0.1) is 5.56 Å². The number of nitrogens with one attached hydrogen (secondary N) is 1. The molecule has 3 nitrogen and oxygen atoms in total. The third-order valence-electron chi connectivity index (χ3n) is 5.01. The van der Waals surface area contributed by atoms with Crippen LogP contribution in [-0.4, -0.2) is 29.8 Å². The fourth-order valence-corrected chi connectivity index (χ4v) is 7.23. The normalized spacial score (nSPS) is 13.0. The number of pyridine rings is 1. The van der Waals surface area contributed by atoms with Crippen LogP contribution < -0.4 is 5.32 Å². The molecule has 0 aliphatic rings. The number of alkyl halides is 3. The van der Waals surface area contributed by atoms with Crippen molar-refractivity contribution < 1.29 is 18.3 Å². The van der Waals surface area contributed by atoms with Gasteiger partial charge in [0.2, 0.25) is 0 Å². The summed E-state index contributed by atoms with van der Waals surface area (Å²) in [6.45, 7) is 6.34. The molecule has 0 aromatic carbocycles. The number of H-pyrrole nitrogens is 1. The minimum absolute atomic E-state index is 0.0855. The number of aromatic amines is 1. The van der Waals surface area contributed by atoms with Crippen molar-refractivity contribution in [2.45, 2.75) is 51.5 Å². The molecule has 0 bridgehead atoms. The summed E-state index contributed by atoms with van der Waals surface area (Å²) in [6.07, 6.45) is -3.19. The van der Waals surface area contributed by atoms with E-state index in [0.29, 0.717) is 17.5 Å². The first-order valence-electron chi connectivity index (χ1n) is 8.02. The molecule has 7 heteroatoms. The highest BCUT2D eigenvalue weighted by Gasteiger charge is 2.36. The van der Waals surface area contributed by atoms with Crippen LogP contribution in [0.3, 0.4) is 0 Å². The smallest absolute Gasteiger partial charge is 0.396 e. The molecule has 2 aromatic rings. The molecule has 0 spiro atoms. The maximum Gasteiger partial charge on any atom is 0.417 e. The summed E-state index contributed by atoms with van der Waals surface area (Å²) in [7, 11) is -1.81. The number of aromatic nitrogens is 2. The zero-order chi connectivity index (χ0) is 17.3. The zero-order valence-corrected chi connectivity index (χ0v) is 14.7. The van der Waals surface area contributed by atoms with Gasteiger partial charge in [-0.1, -0.05) is 38.9 Å². The van der Waals surface area contributed by atoms with Gasteiger partial charge in [-0.2, -0.15) is 13.2 Å². The van der Waals surface area contributed by atoms with Crippen molar-refractivity contribution in [3.8, 4) is 0 Å². The highest BCUT2D eigenvalue weighted by atomic mass is 28.3. The van der Waals surface area contributed by atoms with Crippen molar-refractivity contribution in [1.29, 1.82) is 0 Å². The van der Waals surface area contributed by atoms with E-state index in [1.165, 1.54) is 0 Å². The number of nitrogens with zero attached hydrogens (tertiary/aromatic N) is 1. The largest absolute Gasteiger partial charge is 0.417 e. The Bertz CT molecular complexity index is 669. The summed E-state index contributed by atoms with van der Waals surface area (Å²) in [5.41, 5.74) is 0.563. The predicted molar refractivity (Wildman–Crippen MR) is 88.7 cm³/mol. The topological polar surface area (TPSA) is 48.9 Å². The molecule has 0 saturated heterocycles. The zero-order valence-electron chi connectivity index (χ0n) is 13.7. The second-order valence-corrected chi connectivity index (χ2v) is 11.1. The molecule has 2 N–H and O–H groups in total. The van der Waals surface area contributed by atoms with Crippen molar-refractivity contribution in [2.75, 3.05) is 6.61 Å². The van der Waals surface area contributed by atoms with Crippen molar-refractivity contribution in [2.24, 2.45) is 0 Å². The lowest BCUT2D eigenvalue weighted by Gasteiger charge is -2.28. The average molecular weight is 344 g/mol. The standard InChI is InChI=1S/C16H23F3N2OSi/c1-4-23(5-2,6-3)15-12(7-8-22)13-9-11(16(17,18)19)10-20-14(13)21-15/h9-10,22H,4-8H2,1-3H3,(H,20,21). The lowest BCUT2D eigenvalue weighted by Crippen LogP contribution is -2.48. The molecule has 0 atom stereocenters. The van der Waals surface area contributed by atoms with E-state index in [9.17, 15) is 18.3 Å². The first kappa shape index (κ1) is 18.0. The minimum atomic E-state index is -4.41. The molecule has 0 aliphatic carbocycles. The lowest BCUT2D eigenvalue weighted by atomic mass is 10.1. The Kier molecular flexibility index (Phi) is 5.20. The van der Waals surface area contributed by atoms with Crippen LogP contribution in [0.5, 0.6) is 0 Å². The van der Waals surface area contributed by atoms with Crippen LogP contribution in [-0.2, 0) is 12.6 Å². The number of fused-ring (bicyclic) bond motifs is 1. The van der Waals surface area contributed by atoms with Gasteiger partial charge in [0.15, 0.2) is 0 Å². The van der Waals surface area contributed by atoms with Gasteiger partial charge in [-0.25, -0.2) is 4.98 Å². The Balaban J connectivity index is 2.73. The Labute approximate surface area is 134 Å². The van der Waals surface area contributed by atoms with Gasteiger partial charge in [-0.15, -0.1) is 0 Å². The summed E-state index contributed by atoms with van der Waals surface area (Å²) in [6, 6.07) is 4.19. The van der Waals surface area contributed by atoms with E-state index in [0.717, 1.165) is 41.3 Å². The summed E-state index contributed by atoms with van der Waals surface area (Å²) in [4.78, 5) is 7.29. The minimum Gasteiger partial charge on any atom is -0.396 e. The number of hydrogen-bond donors (Lipinski definition) is 2. The third kappa shape index (κ3) is 3.17. The molecule has 0 aliphatic heterocycles. The Morgan fingerprint density at radius 1 is 1.17 bits per heavy atom. The molecule has 0 fully saturated rings. The molecule has 0 saturated carbocycles. The fraction of sp³-hybridized carbons (Fsp3) is 0.562. The van der Waals surface area contributed by atoms with E-state index < -0.39 is 19.8 Å². The van der Waals surface area contributed by atoms with Gasteiger partial charge in [-0.05, 0) is 18.1 Å². The molecule has 2 aromatic heterocycles. The molecule has 23 heavy (non-hydrogen) atoms. The number of aliphatic hydroxyl groups excluding tert-OH is 1. The second kappa shape index (κ2) is 6.65. The van der Waals surface area contributed by atoms with Crippen LogP contribution in [0.2, 0.25) is 18.1 Å². The number of aliphatic hydroxyl groups is 1. The number of halogens is 3. The Morgan fingerprint density at radius 3 is 2.26 bits per heavy atom. The summed E-state index contributed by atoms with van der Waals surface area (Å²) in [5, 5.41) is 10.9. The van der Waals surface area contributed by atoms with Crippen molar-refractivity contribution >= 4 is 24.4 Å². The van der Waals surface area contributed by atoms with Gasteiger partial charge in [0, 0.05) is 23.5 Å². The van der Waals surface area contributed by atoms with E-state index in [2.05, 4.69) is 30.7 Å².